The molecular weight excluding hydrogens is 254 g/mol. The Morgan fingerprint density at radius 3 is 2.65 bits per heavy atom. The number of carboxylic acids is 1. The fourth-order valence-electron chi connectivity index (χ4n) is 1.00. The fraction of sp³-hybridized carbons (Fsp3) is 0.111. The number of halogens is 1. The lowest BCUT2D eigenvalue weighted by Gasteiger charge is -2.03. The highest BCUT2D eigenvalue weighted by Gasteiger charge is 2.19. The molecule has 0 saturated heterocycles. The van der Waals surface area contributed by atoms with Gasteiger partial charge in [-0.1, -0.05) is 11.6 Å². The van der Waals surface area contributed by atoms with Crippen molar-refractivity contribution in [1.82, 2.24) is 0 Å². The van der Waals surface area contributed by atoms with E-state index >= 15 is 0 Å². The van der Waals surface area contributed by atoms with Crippen LogP contribution in [0.3, 0.4) is 0 Å². The van der Waals surface area contributed by atoms with Crippen LogP contribution in [0, 0.1) is 10.1 Å². The normalized spacial score (nSPS) is 9.71. The molecule has 8 heteroatoms. The average Bonchev–Trinajstić information content (AvgIpc) is 2.19. The molecule has 0 aliphatic carbocycles. The Morgan fingerprint density at radius 1 is 1.47 bits per heavy atom. The van der Waals surface area contributed by atoms with E-state index in [1.807, 2.05) is 0 Å². The molecular formula is C9H6ClNO6. The molecule has 0 unspecified atom stereocenters. The van der Waals surface area contributed by atoms with Crippen LogP contribution < -0.4 is 4.74 Å². The molecule has 0 fully saturated rings. The van der Waals surface area contributed by atoms with E-state index in [9.17, 15) is 19.7 Å². The number of ether oxygens (including phenoxy) is 1. The number of nitrogens with zero attached hydrogens (tertiary/aromatic N) is 1. The predicted octanol–water partition coefficient (Wildman–Crippen LogP) is 1.63. The van der Waals surface area contributed by atoms with Crippen LogP contribution in [0.15, 0.2) is 18.2 Å². The van der Waals surface area contributed by atoms with E-state index in [0.29, 0.717) is 0 Å². The van der Waals surface area contributed by atoms with Gasteiger partial charge in [0.2, 0.25) is 5.75 Å². The first-order valence-electron chi connectivity index (χ1n) is 4.26. The maximum absolute atomic E-state index is 11.0. The number of carboxylic acid groups (broad SMARTS) is 1. The molecule has 1 aromatic carbocycles. The van der Waals surface area contributed by atoms with Crippen molar-refractivity contribution < 1.29 is 24.4 Å². The summed E-state index contributed by atoms with van der Waals surface area (Å²) in [5, 5.41) is 19.1. The van der Waals surface area contributed by atoms with Gasteiger partial charge in [-0.25, -0.2) is 0 Å². The first-order chi connectivity index (χ1) is 7.90. The molecule has 7 nitrogen and oxygen atoms in total. The van der Waals surface area contributed by atoms with E-state index in [4.69, 9.17) is 16.7 Å². The Morgan fingerprint density at radius 2 is 2.12 bits per heavy atom. The van der Waals surface area contributed by atoms with E-state index in [0.717, 1.165) is 12.1 Å². The zero-order valence-electron chi connectivity index (χ0n) is 8.25. The highest BCUT2D eigenvalue weighted by atomic mass is 35.5. The van der Waals surface area contributed by atoms with Gasteiger partial charge in [0.05, 0.1) is 4.92 Å². The molecule has 0 heterocycles. The second-order valence-corrected chi connectivity index (χ2v) is 3.35. The van der Waals surface area contributed by atoms with Gasteiger partial charge in [0.25, 0.3) is 0 Å². The molecule has 0 radical (unpaired) electrons. The number of hydrogen-bond acceptors (Lipinski definition) is 5. The van der Waals surface area contributed by atoms with Crippen molar-refractivity contribution in [2.45, 2.75) is 6.42 Å². The van der Waals surface area contributed by atoms with Gasteiger partial charge in [-0.2, -0.15) is 0 Å². The Kier molecular flexibility index (Phi) is 4.00. The summed E-state index contributed by atoms with van der Waals surface area (Å²) >= 11 is 5.54. The molecule has 0 amide bonds. The standard InChI is InChI=1S/C9H6ClNO6/c10-5-1-2-7(6(3-5)11(15)16)17-9(14)4-8(12)13/h1-3H,4H2,(H,12,13). The number of hydrogen-bond donors (Lipinski definition) is 1. The zero-order chi connectivity index (χ0) is 13.0. The highest BCUT2D eigenvalue weighted by molar-refractivity contribution is 6.30. The van der Waals surface area contributed by atoms with Crippen LogP contribution in [0.2, 0.25) is 5.02 Å². The quantitative estimate of drug-likeness (QED) is 0.289. The second kappa shape index (κ2) is 5.26. The van der Waals surface area contributed by atoms with Crippen molar-refractivity contribution in [3.63, 3.8) is 0 Å². The summed E-state index contributed by atoms with van der Waals surface area (Å²) in [5.41, 5.74) is -0.503. The van der Waals surface area contributed by atoms with Crippen molar-refractivity contribution in [2.75, 3.05) is 0 Å². The van der Waals surface area contributed by atoms with E-state index in [1.54, 1.807) is 0 Å². The van der Waals surface area contributed by atoms with E-state index in [1.165, 1.54) is 6.07 Å². The summed E-state index contributed by atoms with van der Waals surface area (Å²) < 4.78 is 4.55. The van der Waals surface area contributed by atoms with Crippen molar-refractivity contribution in [3.8, 4) is 5.75 Å². The lowest BCUT2D eigenvalue weighted by atomic mass is 10.3. The minimum absolute atomic E-state index is 0.106. The lowest BCUT2D eigenvalue weighted by Crippen LogP contribution is -2.13. The summed E-state index contributed by atoms with van der Waals surface area (Å²) in [6.07, 6.45) is -0.875. The number of esters is 1. The largest absolute Gasteiger partial charge is 0.481 e. The summed E-state index contributed by atoms with van der Waals surface area (Å²) in [7, 11) is 0. The van der Waals surface area contributed by atoms with Crippen molar-refractivity contribution >= 4 is 29.2 Å². The maximum Gasteiger partial charge on any atom is 0.322 e. The van der Waals surface area contributed by atoms with Crippen LogP contribution in [0.25, 0.3) is 0 Å². The van der Waals surface area contributed by atoms with Crippen LogP contribution in [-0.4, -0.2) is 22.0 Å². The monoisotopic (exact) mass is 259 g/mol. The number of carbonyl (C=O) groups excluding carboxylic acids is 1. The Hall–Kier alpha value is -2.15. The molecule has 0 bridgehead atoms. The van der Waals surface area contributed by atoms with Gasteiger partial charge in [-0.05, 0) is 12.1 Å². The molecule has 1 rings (SSSR count). The van der Waals surface area contributed by atoms with E-state index in [-0.39, 0.29) is 10.8 Å². The van der Waals surface area contributed by atoms with Gasteiger partial charge in [0.15, 0.2) is 0 Å². The average molecular weight is 260 g/mol. The number of rotatable bonds is 4. The number of benzene rings is 1. The maximum atomic E-state index is 11.0. The Balaban J connectivity index is 2.94. The molecule has 0 atom stereocenters. The molecule has 0 saturated carbocycles. The fourth-order valence-corrected chi connectivity index (χ4v) is 1.17. The molecule has 17 heavy (non-hydrogen) atoms. The molecule has 0 spiro atoms. The van der Waals surface area contributed by atoms with Gasteiger partial charge < -0.3 is 9.84 Å². The smallest absolute Gasteiger partial charge is 0.322 e. The number of nitro groups is 1. The minimum atomic E-state index is -1.38. The number of nitro benzene ring substituents is 1. The molecule has 0 aliphatic rings. The first-order valence-corrected chi connectivity index (χ1v) is 4.64. The number of carbonyl (C=O) groups is 2. The number of aliphatic carboxylic acids is 1. The highest BCUT2D eigenvalue weighted by Crippen LogP contribution is 2.30. The Bertz CT molecular complexity index is 486. The second-order valence-electron chi connectivity index (χ2n) is 2.91. The predicted molar refractivity (Wildman–Crippen MR) is 56.0 cm³/mol. The molecule has 1 aromatic rings. The van der Waals surface area contributed by atoms with Crippen LogP contribution in [-0.2, 0) is 9.59 Å². The SMILES string of the molecule is O=C(O)CC(=O)Oc1ccc(Cl)cc1[N+](=O)[O-]. The van der Waals surface area contributed by atoms with Gasteiger partial charge in [-0.3, -0.25) is 19.7 Å². The molecule has 1 N–H and O–H groups in total. The Labute approximate surface area is 99.7 Å². The van der Waals surface area contributed by atoms with Crippen molar-refractivity contribution in [2.24, 2.45) is 0 Å². The summed E-state index contributed by atoms with van der Waals surface area (Å²) in [6, 6.07) is 3.42. The third-order valence-electron chi connectivity index (χ3n) is 1.64. The van der Waals surface area contributed by atoms with Crippen LogP contribution in [0.4, 0.5) is 5.69 Å². The minimum Gasteiger partial charge on any atom is -0.481 e. The lowest BCUT2D eigenvalue weighted by molar-refractivity contribution is -0.385. The molecule has 0 aliphatic heterocycles. The first kappa shape index (κ1) is 12.9. The van der Waals surface area contributed by atoms with E-state index < -0.39 is 29.0 Å². The van der Waals surface area contributed by atoms with Crippen LogP contribution in [0.5, 0.6) is 5.75 Å². The van der Waals surface area contributed by atoms with Crippen LogP contribution >= 0.6 is 11.6 Å². The van der Waals surface area contributed by atoms with Crippen molar-refractivity contribution in [3.05, 3.63) is 33.3 Å². The zero-order valence-corrected chi connectivity index (χ0v) is 9.01. The molecule has 0 aromatic heterocycles. The van der Waals surface area contributed by atoms with Gasteiger partial charge in [-0.15, -0.1) is 0 Å². The summed E-state index contributed by atoms with van der Waals surface area (Å²) in [4.78, 5) is 31.1. The third-order valence-corrected chi connectivity index (χ3v) is 1.87. The summed E-state index contributed by atoms with van der Waals surface area (Å²) in [5.74, 6) is -2.82. The van der Waals surface area contributed by atoms with Crippen molar-refractivity contribution in [1.29, 1.82) is 0 Å². The van der Waals surface area contributed by atoms with Gasteiger partial charge in [0, 0.05) is 11.1 Å². The molecule has 90 valence electrons. The van der Waals surface area contributed by atoms with E-state index in [2.05, 4.69) is 4.74 Å². The topological polar surface area (TPSA) is 107 Å². The third kappa shape index (κ3) is 3.72. The van der Waals surface area contributed by atoms with Gasteiger partial charge in [0.1, 0.15) is 6.42 Å². The van der Waals surface area contributed by atoms with Gasteiger partial charge >= 0.3 is 17.6 Å². The van der Waals surface area contributed by atoms with Crippen LogP contribution in [0.1, 0.15) is 6.42 Å². The summed E-state index contributed by atoms with van der Waals surface area (Å²) in [6.45, 7) is 0.